The number of rotatable bonds is 7. The van der Waals surface area contributed by atoms with Gasteiger partial charge in [0.25, 0.3) is 0 Å². The molecule has 0 bridgehead atoms. The molecule has 1 atom stereocenters. The minimum atomic E-state index is 0.416. The summed E-state index contributed by atoms with van der Waals surface area (Å²) in [4.78, 5) is 4.16. The van der Waals surface area contributed by atoms with Gasteiger partial charge in [0.2, 0.25) is 0 Å². The van der Waals surface area contributed by atoms with Crippen LogP contribution in [0.2, 0.25) is 0 Å². The second-order valence-corrected chi connectivity index (χ2v) is 6.66. The van der Waals surface area contributed by atoms with Crippen LogP contribution in [0.4, 0.5) is 10.8 Å². The highest BCUT2D eigenvalue weighted by Crippen LogP contribution is 2.36. The van der Waals surface area contributed by atoms with E-state index in [1.54, 1.807) is 6.20 Å². The quantitative estimate of drug-likeness (QED) is 0.795. The SMILES string of the molecule is CC(C)CCCC(C)Nc1snc(N)c1-c1cccnc1. The molecule has 2 aromatic heterocycles. The summed E-state index contributed by atoms with van der Waals surface area (Å²) in [6.45, 7) is 6.74. The summed E-state index contributed by atoms with van der Waals surface area (Å²) >= 11 is 1.43. The van der Waals surface area contributed by atoms with Crippen molar-refractivity contribution in [3.8, 4) is 11.1 Å². The van der Waals surface area contributed by atoms with E-state index in [0.717, 1.165) is 28.5 Å². The minimum Gasteiger partial charge on any atom is -0.382 e. The third-order valence-corrected chi connectivity index (χ3v) is 4.26. The molecule has 0 aliphatic heterocycles. The molecule has 2 rings (SSSR count). The average Bonchev–Trinajstić information content (AvgIpc) is 2.80. The second-order valence-electron chi connectivity index (χ2n) is 5.88. The van der Waals surface area contributed by atoms with Crippen LogP contribution in [0, 0.1) is 5.92 Å². The molecule has 0 saturated carbocycles. The molecular formula is C16H24N4S. The maximum atomic E-state index is 6.02. The molecule has 114 valence electrons. The highest BCUT2D eigenvalue weighted by Gasteiger charge is 2.15. The largest absolute Gasteiger partial charge is 0.382 e. The summed E-state index contributed by atoms with van der Waals surface area (Å²) in [6.07, 6.45) is 7.26. The molecular weight excluding hydrogens is 280 g/mol. The van der Waals surface area contributed by atoms with Gasteiger partial charge < -0.3 is 11.1 Å². The number of nitrogens with zero attached hydrogens (tertiary/aromatic N) is 2. The van der Waals surface area contributed by atoms with Crippen molar-refractivity contribution in [3.63, 3.8) is 0 Å². The fourth-order valence-electron chi connectivity index (χ4n) is 2.32. The van der Waals surface area contributed by atoms with E-state index >= 15 is 0 Å². The van der Waals surface area contributed by atoms with Crippen molar-refractivity contribution in [1.29, 1.82) is 0 Å². The predicted molar refractivity (Wildman–Crippen MR) is 91.5 cm³/mol. The summed E-state index contributed by atoms with van der Waals surface area (Å²) in [6, 6.07) is 4.35. The fourth-order valence-corrected chi connectivity index (χ4v) is 3.17. The van der Waals surface area contributed by atoms with Gasteiger partial charge in [0.15, 0.2) is 0 Å². The molecule has 0 aliphatic carbocycles. The Bertz CT molecular complexity index is 551. The molecule has 0 spiro atoms. The lowest BCUT2D eigenvalue weighted by Crippen LogP contribution is -2.14. The zero-order valence-corrected chi connectivity index (χ0v) is 13.8. The van der Waals surface area contributed by atoms with Crippen molar-refractivity contribution in [2.75, 3.05) is 11.1 Å². The molecule has 0 saturated heterocycles. The molecule has 2 aromatic rings. The van der Waals surface area contributed by atoms with Crippen LogP contribution in [-0.2, 0) is 0 Å². The first-order valence-corrected chi connectivity index (χ1v) is 8.27. The number of nitrogens with one attached hydrogen (secondary N) is 1. The van der Waals surface area contributed by atoms with E-state index in [-0.39, 0.29) is 0 Å². The standard InChI is InChI=1S/C16H24N4S/c1-11(2)6-4-7-12(3)19-16-14(15(17)20-21-16)13-8-5-9-18-10-13/h5,8-12,19H,4,6-7H2,1-3H3,(H2,17,20). The zero-order chi connectivity index (χ0) is 15.2. The van der Waals surface area contributed by atoms with E-state index in [1.807, 2.05) is 18.3 Å². The topological polar surface area (TPSA) is 63.8 Å². The normalized spacial score (nSPS) is 12.6. The van der Waals surface area contributed by atoms with Crippen LogP contribution in [-0.4, -0.2) is 15.4 Å². The second kappa shape index (κ2) is 7.41. The Balaban J connectivity index is 2.04. The number of nitrogens with two attached hydrogens (primary N) is 1. The van der Waals surface area contributed by atoms with Gasteiger partial charge in [-0.05, 0) is 36.9 Å². The number of anilines is 2. The Morgan fingerprint density at radius 3 is 2.76 bits per heavy atom. The first-order valence-electron chi connectivity index (χ1n) is 7.50. The lowest BCUT2D eigenvalue weighted by atomic mass is 10.0. The molecule has 21 heavy (non-hydrogen) atoms. The van der Waals surface area contributed by atoms with Crippen LogP contribution in [0.15, 0.2) is 24.5 Å². The Labute approximate surface area is 131 Å². The molecule has 0 aliphatic rings. The molecule has 5 heteroatoms. The maximum absolute atomic E-state index is 6.02. The van der Waals surface area contributed by atoms with Gasteiger partial charge in [-0.25, -0.2) is 0 Å². The Hall–Kier alpha value is -1.62. The Kier molecular flexibility index (Phi) is 5.56. The molecule has 3 N–H and O–H groups in total. The molecule has 2 heterocycles. The fraction of sp³-hybridized carbons (Fsp3) is 0.500. The van der Waals surface area contributed by atoms with E-state index in [4.69, 9.17) is 5.73 Å². The first-order chi connectivity index (χ1) is 10.1. The van der Waals surface area contributed by atoms with Crippen molar-refractivity contribution >= 4 is 22.4 Å². The van der Waals surface area contributed by atoms with E-state index in [1.165, 1.54) is 24.4 Å². The Morgan fingerprint density at radius 1 is 1.29 bits per heavy atom. The van der Waals surface area contributed by atoms with Gasteiger partial charge in [-0.1, -0.05) is 32.8 Å². The molecule has 0 radical (unpaired) electrons. The molecule has 4 nitrogen and oxygen atoms in total. The highest BCUT2D eigenvalue weighted by atomic mass is 32.1. The summed E-state index contributed by atoms with van der Waals surface area (Å²) in [7, 11) is 0. The number of nitrogen functional groups attached to an aromatic ring is 1. The van der Waals surface area contributed by atoms with Crippen molar-refractivity contribution < 1.29 is 0 Å². The van der Waals surface area contributed by atoms with E-state index < -0.39 is 0 Å². The van der Waals surface area contributed by atoms with Crippen LogP contribution < -0.4 is 11.1 Å². The third kappa shape index (κ3) is 4.43. The highest BCUT2D eigenvalue weighted by molar-refractivity contribution is 7.11. The molecule has 0 fully saturated rings. The zero-order valence-electron chi connectivity index (χ0n) is 13.0. The van der Waals surface area contributed by atoms with Gasteiger partial charge in [0.05, 0.1) is 5.56 Å². The van der Waals surface area contributed by atoms with Crippen LogP contribution in [0.5, 0.6) is 0 Å². The summed E-state index contributed by atoms with van der Waals surface area (Å²) < 4.78 is 4.28. The van der Waals surface area contributed by atoms with Gasteiger partial charge in [-0.15, -0.1) is 0 Å². The predicted octanol–water partition coefficient (Wildman–Crippen LogP) is 4.41. The van der Waals surface area contributed by atoms with Gasteiger partial charge in [-0.3, -0.25) is 4.98 Å². The number of hydrogen-bond acceptors (Lipinski definition) is 5. The van der Waals surface area contributed by atoms with Gasteiger partial charge in [0, 0.05) is 24.0 Å². The third-order valence-electron chi connectivity index (χ3n) is 3.46. The average molecular weight is 304 g/mol. The summed E-state index contributed by atoms with van der Waals surface area (Å²) in [5, 5.41) is 4.59. The maximum Gasteiger partial charge on any atom is 0.147 e. The molecule has 0 aromatic carbocycles. The lowest BCUT2D eigenvalue weighted by molar-refractivity contribution is 0.520. The van der Waals surface area contributed by atoms with Crippen molar-refractivity contribution in [2.45, 2.75) is 46.1 Å². The van der Waals surface area contributed by atoms with E-state index in [9.17, 15) is 0 Å². The van der Waals surface area contributed by atoms with Crippen LogP contribution in [0.3, 0.4) is 0 Å². The monoisotopic (exact) mass is 304 g/mol. The van der Waals surface area contributed by atoms with Gasteiger partial charge >= 0.3 is 0 Å². The van der Waals surface area contributed by atoms with Gasteiger partial charge in [-0.2, -0.15) is 4.37 Å². The van der Waals surface area contributed by atoms with E-state index in [2.05, 4.69) is 35.4 Å². The summed E-state index contributed by atoms with van der Waals surface area (Å²) in [5.41, 5.74) is 8.01. The number of aromatic nitrogens is 2. The lowest BCUT2D eigenvalue weighted by Gasteiger charge is -2.15. The van der Waals surface area contributed by atoms with Gasteiger partial charge in [0.1, 0.15) is 10.8 Å². The van der Waals surface area contributed by atoms with Crippen LogP contribution in [0.25, 0.3) is 11.1 Å². The van der Waals surface area contributed by atoms with Crippen LogP contribution in [0.1, 0.15) is 40.0 Å². The molecule has 1 unspecified atom stereocenters. The van der Waals surface area contributed by atoms with Crippen molar-refractivity contribution in [1.82, 2.24) is 9.36 Å². The van der Waals surface area contributed by atoms with Crippen LogP contribution >= 0.6 is 11.5 Å². The summed E-state index contributed by atoms with van der Waals surface area (Å²) in [5.74, 6) is 1.34. The van der Waals surface area contributed by atoms with E-state index in [0.29, 0.717) is 11.9 Å². The minimum absolute atomic E-state index is 0.416. The first kappa shape index (κ1) is 15.8. The number of pyridine rings is 1. The van der Waals surface area contributed by atoms with Crippen molar-refractivity contribution in [3.05, 3.63) is 24.5 Å². The smallest absolute Gasteiger partial charge is 0.147 e. The molecule has 0 amide bonds. The number of hydrogen-bond donors (Lipinski definition) is 2. The Morgan fingerprint density at radius 2 is 2.10 bits per heavy atom. The van der Waals surface area contributed by atoms with Crippen molar-refractivity contribution in [2.24, 2.45) is 5.92 Å².